The van der Waals surface area contributed by atoms with Gasteiger partial charge in [-0.25, -0.2) is 4.79 Å². The molecule has 1 heterocycles. The van der Waals surface area contributed by atoms with Gasteiger partial charge in [-0.3, -0.25) is 4.90 Å². The number of rotatable bonds is 0. The van der Waals surface area contributed by atoms with Crippen LogP contribution in [0.5, 0.6) is 0 Å². The highest BCUT2D eigenvalue weighted by Crippen LogP contribution is 2.36. The number of hydrogen-bond donors (Lipinski definition) is 1. The second-order valence-electron chi connectivity index (χ2n) is 3.79. The summed E-state index contributed by atoms with van der Waals surface area (Å²) in [5, 5.41) is 18.1. The molecule has 0 atom stereocenters. The summed E-state index contributed by atoms with van der Waals surface area (Å²) in [5.41, 5.74) is 1.81. The van der Waals surface area contributed by atoms with Gasteiger partial charge in [-0.15, -0.1) is 0 Å². The Kier molecular flexibility index (Phi) is 2.94. The molecule has 2 rings (SSSR count). The van der Waals surface area contributed by atoms with E-state index in [2.05, 4.69) is 15.9 Å². The van der Waals surface area contributed by atoms with Crippen LogP contribution in [0.4, 0.5) is 16.2 Å². The normalized spacial score (nSPS) is 14.2. The third-order valence-corrected chi connectivity index (χ3v) is 3.43. The molecule has 0 saturated carbocycles. The number of fused-ring (bicyclic) bond motifs is 1. The lowest BCUT2D eigenvalue weighted by Gasteiger charge is -2.34. The van der Waals surface area contributed by atoms with Crippen molar-refractivity contribution in [2.45, 2.75) is 0 Å². The molecule has 1 amide bonds. The monoisotopic (exact) mass is 295 g/mol. The third-order valence-electron chi connectivity index (χ3n) is 2.78. The van der Waals surface area contributed by atoms with E-state index in [4.69, 9.17) is 10.4 Å². The van der Waals surface area contributed by atoms with Crippen molar-refractivity contribution in [2.24, 2.45) is 0 Å². The second kappa shape index (κ2) is 4.26. The summed E-state index contributed by atoms with van der Waals surface area (Å²) in [5.74, 6) is 0. The average molecular weight is 296 g/mol. The molecular weight excluding hydrogens is 286 g/mol. The lowest BCUT2D eigenvalue weighted by atomic mass is 10.1. The summed E-state index contributed by atoms with van der Waals surface area (Å²) in [6, 6.07) is 5.42. The summed E-state index contributed by atoms with van der Waals surface area (Å²) in [7, 11) is 1.90. The highest BCUT2D eigenvalue weighted by atomic mass is 79.9. The van der Waals surface area contributed by atoms with Gasteiger partial charge in [0.05, 0.1) is 16.9 Å². The van der Waals surface area contributed by atoms with Crippen molar-refractivity contribution in [1.29, 1.82) is 5.26 Å². The number of benzene rings is 1. The zero-order valence-electron chi connectivity index (χ0n) is 9.14. The molecule has 5 nitrogen and oxygen atoms in total. The highest BCUT2D eigenvalue weighted by molar-refractivity contribution is 9.10. The van der Waals surface area contributed by atoms with Gasteiger partial charge < -0.3 is 10.0 Å². The number of anilines is 2. The van der Waals surface area contributed by atoms with Crippen LogP contribution in [-0.4, -0.2) is 31.3 Å². The highest BCUT2D eigenvalue weighted by Gasteiger charge is 2.26. The molecule has 1 aliphatic rings. The van der Waals surface area contributed by atoms with Crippen LogP contribution in [0.1, 0.15) is 5.56 Å². The summed E-state index contributed by atoms with van der Waals surface area (Å²) in [4.78, 5) is 14.4. The van der Waals surface area contributed by atoms with Gasteiger partial charge in [0.25, 0.3) is 0 Å². The van der Waals surface area contributed by atoms with Crippen molar-refractivity contribution in [2.75, 3.05) is 29.9 Å². The fourth-order valence-electron chi connectivity index (χ4n) is 1.85. The van der Waals surface area contributed by atoms with Crippen LogP contribution >= 0.6 is 15.9 Å². The first kappa shape index (κ1) is 11.7. The van der Waals surface area contributed by atoms with E-state index in [1.54, 1.807) is 12.1 Å². The summed E-state index contributed by atoms with van der Waals surface area (Å²) < 4.78 is 0.679. The maximum Gasteiger partial charge on any atom is 0.411 e. The van der Waals surface area contributed by atoms with Crippen LogP contribution in [0, 0.1) is 11.3 Å². The van der Waals surface area contributed by atoms with Crippen LogP contribution in [0.15, 0.2) is 16.6 Å². The molecule has 17 heavy (non-hydrogen) atoms. The number of amides is 1. The van der Waals surface area contributed by atoms with Gasteiger partial charge >= 0.3 is 6.09 Å². The first-order valence-electron chi connectivity index (χ1n) is 5.00. The molecule has 0 unspecified atom stereocenters. The van der Waals surface area contributed by atoms with Crippen LogP contribution in [0.3, 0.4) is 0 Å². The third kappa shape index (κ3) is 1.94. The first-order chi connectivity index (χ1) is 8.04. The molecule has 0 aromatic heterocycles. The SMILES string of the molecule is CN1CCN(C(=O)O)c2cc(C#N)c(Br)cc21. The quantitative estimate of drug-likeness (QED) is 0.797. The van der Waals surface area contributed by atoms with Crippen molar-refractivity contribution in [3.8, 4) is 6.07 Å². The van der Waals surface area contributed by atoms with Gasteiger partial charge in [0.15, 0.2) is 0 Å². The number of halogens is 1. The zero-order valence-corrected chi connectivity index (χ0v) is 10.7. The van der Waals surface area contributed by atoms with E-state index >= 15 is 0 Å². The maximum absolute atomic E-state index is 11.1. The molecule has 0 radical (unpaired) electrons. The molecule has 1 aromatic rings. The fourth-order valence-corrected chi connectivity index (χ4v) is 2.27. The van der Waals surface area contributed by atoms with Crippen molar-refractivity contribution >= 4 is 33.4 Å². The Labute approximate surface area is 107 Å². The maximum atomic E-state index is 11.1. The molecule has 1 aliphatic heterocycles. The Morgan fingerprint density at radius 1 is 1.47 bits per heavy atom. The molecule has 0 spiro atoms. The Morgan fingerprint density at radius 2 is 2.18 bits per heavy atom. The smallest absolute Gasteiger partial charge is 0.411 e. The Morgan fingerprint density at radius 3 is 2.76 bits per heavy atom. The first-order valence-corrected chi connectivity index (χ1v) is 5.79. The predicted molar refractivity (Wildman–Crippen MR) is 67.5 cm³/mol. The number of likely N-dealkylation sites (N-methyl/N-ethyl adjacent to an activating group) is 1. The number of carbonyl (C=O) groups is 1. The molecule has 6 heteroatoms. The van der Waals surface area contributed by atoms with Crippen molar-refractivity contribution in [3.05, 3.63) is 22.2 Å². The number of nitrogens with zero attached hydrogens (tertiary/aromatic N) is 3. The van der Waals surface area contributed by atoms with Crippen LogP contribution in [0.25, 0.3) is 0 Å². The van der Waals surface area contributed by atoms with E-state index in [0.29, 0.717) is 28.8 Å². The van der Waals surface area contributed by atoms with Crippen LogP contribution in [0.2, 0.25) is 0 Å². The van der Waals surface area contributed by atoms with E-state index in [0.717, 1.165) is 5.69 Å². The van der Waals surface area contributed by atoms with Gasteiger partial charge in [0, 0.05) is 24.6 Å². The van der Waals surface area contributed by atoms with E-state index in [-0.39, 0.29) is 0 Å². The van der Waals surface area contributed by atoms with Gasteiger partial charge in [-0.1, -0.05) is 0 Å². The molecule has 0 saturated heterocycles. The molecule has 1 aromatic carbocycles. The molecule has 1 N–H and O–H groups in total. The molecule has 0 aliphatic carbocycles. The Balaban J connectivity index is 2.61. The summed E-state index contributed by atoms with van der Waals surface area (Å²) in [6.07, 6.45) is -0.995. The van der Waals surface area contributed by atoms with Crippen molar-refractivity contribution in [3.63, 3.8) is 0 Å². The van der Waals surface area contributed by atoms with Crippen LogP contribution < -0.4 is 9.80 Å². The average Bonchev–Trinajstić information content (AvgIpc) is 2.29. The van der Waals surface area contributed by atoms with Crippen molar-refractivity contribution in [1.82, 2.24) is 0 Å². The molecule has 0 bridgehead atoms. The minimum atomic E-state index is -0.995. The minimum Gasteiger partial charge on any atom is -0.465 e. The van der Waals surface area contributed by atoms with Crippen molar-refractivity contribution < 1.29 is 9.90 Å². The number of hydrogen-bond acceptors (Lipinski definition) is 3. The molecule has 0 fully saturated rings. The fraction of sp³-hybridized carbons (Fsp3) is 0.273. The lowest BCUT2D eigenvalue weighted by molar-refractivity contribution is 0.201. The van der Waals surface area contributed by atoms with Gasteiger partial charge in [-0.05, 0) is 28.1 Å². The Bertz CT molecular complexity index is 524. The van der Waals surface area contributed by atoms with E-state index in [9.17, 15) is 4.79 Å². The lowest BCUT2D eigenvalue weighted by Crippen LogP contribution is -2.42. The molecular formula is C11H10BrN3O2. The predicted octanol–water partition coefficient (Wildman–Crippen LogP) is 2.25. The second-order valence-corrected chi connectivity index (χ2v) is 4.64. The van der Waals surface area contributed by atoms with E-state index < -0.39 is 6.09 Å². The van der Waals surface area contributed by atoms with Gasteiger partial charge in [0.2, 0.25) is 0 Å². The molecule has 88 valence electrons. The Hall–Kier alpha value is -1.74. The van der Waals surface area contributed by atoms with Crippen LogP contribution in [-0.2, 0) is 0 Å². The van der Waals surface area contributed by atoms with E-state index in [1.165, 1.54) is 4.90 Å². The topological polar surface area (TPSA) is 67.6 Å². The standard InChI is InChI=1S/C11H10BrN3O2/c1-14-2-3-15(11(16)17)10-4-7(6-13)8(12)5-9(10)14/h4-5H,2-3H2,1H3,(H,16,17). The zero-order chi connectivity index (χ0) is 12.6. The summed E-state index contributed by atoms with van der Waals surface area (Å²) in [6.45, 7) is 1.04. The van der Waals surface area contributed by atoms with Gasteiger partial charge in [0.1, 0.15) is 6.07 Å². The number of carboxylic acid groups (broad SMARTS) is 1. The minimum absolute atomic E-state index is 0.408. The van der Waals surface area contributed by atoms with E-state index in [1.807, 2.05) is 18.0 Å². The summed E-state index contributed by atoms with van der Waals surface area (Å²) >= 11 is 3.30. The van der Waals surface area contributed by atoms with Gasteiger partial charge in [-0.2, -0.15) is 5.26 Å². The number of nitriles is 1. The largest absolute Gasteiger partial charge is 0.465 e.